The van der Waals surface area contributed by atoms with Crippen LogP contribution in [0.2, 0.25) is 0 Å². The molecular weight excluding hydrogens is 168 g/mol. The van der Waals surface area contributed by atoms with E-state index in [2.05, 4.69) is 0 Å². The number of carbonyl (C=O) groups is 1. The van der Waals surface area contributed by atoms with Crippen molar-refractivity contribution in [1.82, 2.24) is 4.90 Å². The van der Waals surface area contributed by atoms with Crippen LogP contribution in [0.4, 0.5) is 0 Å². The molecule has 2 aliphatic rings. The van der Waals surface area contributed by atoms with Gasteiger partial charge in [-0.3, -0.25) is 4.79 Å². The Hall–Kier alpha value is -0.610. The summed E-state index contributed by atoms with van der Waals surface area (Å²) in [7, 11) is 0. The zero-order chi connectivity index (χ0) is 9.47. The molecular formula is C9H16N2O2. The lowest BCUT2D eigenvalue weighted by Gasteiger charge is -2.47. The Morgan fingerprint density at radius 1 is 1.54 bits per heavy atom. The molecule has 4 nitrogen and oxygen atoms in total. The van der Waals surface area contributed by atoms with Crippen molar-refractivity contribution in [2.75, 3.05) is 19.6 Å². The van der Waals surface area contributed by atoms with Crippen LogP contribution in [0.15, 0.2) is 0 Å². The summed E-state index contributed by atoms with van der Waals surface area (Å²) in [6.07, 6.45) is 2.65. The summed E-state index contributed by atoms with van der Waals surface area (Å²) in [6.45, 7) is 1.46. The van der Waals surface area contributed by atoms with Crippen LogP contribution < -0.4 is 5.73 Å². The summed E-state index contributed by atoms with van der Waals surface area (Å²) in [6, 6.07) is 0. The second kappa shape index (κ2) is 2.96. The summed E-state index contributed by atoms with van der Waals surface area (Å²) in [5, 5.41) is 9.07. The molecule has 74 valence electrons. The number of nitrogens with two attached hydrogens (primary N) is 1. The van der Waals surface area contributed by atoms with Gasteiger partial charge in [0.2, 0.25) is 5.91 Å². The number of carbonyl (C=O) groups excluding carboxylic acids is 1. The lowest BCUT2D eigenvalue weighted by Crippen LogP contribution is -2.61. The maximum atomic E-state index is 11.8. The van der Waals surface area contributed by atoms with Crippen molar-refractivity contribution in [3.05, 3.63) is 0 Å². The Morgan fingerprint density at radius 2 is 2.15 bits per heavy atom. The molecule has 2 fully saturated rings. The quantitative estimate of drug-likeness (QED) is 0.597. The molecule has 1 heterocycles. The lowest BCUT2D eigenvalue weighted by molar-refractivity contribution is -0.157. The average molecular weight is 184 g/mol. The lowest BCUT2D eigenvalue weighted by atomic mass is 9.67. The predicted octanol–water partition coefficient (Wildman–Crippen LogP) is -0.681. The first kappa shape index (κ1) is 8.97. The van der Waals surface area contributed by atoms with Gasteiger partial charge in [-0.05, 0) is 12.8 Å². The molecule has 0 bridgehead atoms. The molecule has 0 radical (unpaired) electrons. The van der Waals surface area contributed by atoms with Gasteiger partial charge in [-0.25, -0.2) is 0 Å². The molecule has 1 amide bonds. The van der Waals surface area contributed by atoms with Crippen LogP contribution in [0.1, 0.15) is 19.3 Å². The van der Waals surface area contributed by atoms with Gasteiger partial charge in [0.1, 0.15) is 0 Å². The van der Waals surface area contributed by atoms with Crippen molar-refractivity contribution < 1.29 is 9.90 Å². The number of likely N-dealkylation sites (tertiary alicyclic amines) is 1. The molecule has 1 saturated carbocycles. The highest BCUT2D eigenvalue weighted by molar-refractivity contribution is 5.84. The van der Waals surface area contributed by atoms with Crippen LogP contribution >= 0.6 is 0 Å². The molecule has 0 spiro atoms. The monoisotopic (exact) mass is 184 g/mol. The zero-order valence-corrected chi connectivity index (χ0v) is 7.70. The van der Waals surface area contributed by atoms with Gasteiger partial charge in [0.05, 0.1) is 11.5 Å². The van der Waals surface area contributed by atoms with E-state index in [-0.39, 0.29) is 17.4 Å². The summed E-state index contributed by atoms with van der Waals surface area (Å²) >= 11 is 0. The minimum atomic E-state index is -0.307. The van der Waals surface area contributed by atoms with E-state index in [1.165, 1.54) is 0 Å². The summed E-state index contributed by atoms with van der Waals surface area (Å²) < 4.78 is 0. The summed E-state index contributed by atoms with van der Waals surface area (Å²) in [4.78, 5) is 13.6. The molecule has 1 aliphatic carbocycles. The highest BCUT2D eigenvalue weighted by atomic mass is 16.3. The molecule has 0 aromatic rings. The van der Waals surface area contributed by atoms with Gasteiger partial charge in [-0.2, -0.15) is 0 Å². The Bertz CT molecular complexity index is 214. The summed E-state index contributed by atoms with van der Waals surface area (Å²) in [5.74, 6) is 0.159. The van der Waals surface area contributed by atoms with Gasteiger partial charge >= 0.3 is 0 Å². The minimum absolute atomic E-state index is 0.159. The smallest absolute Gasteiger partial charge is 0.230 e. The second-order valence-electron chi connectivity index (χ2n) is 4.20. The number of β-amino-alcohol motifs (C(OH)–C–C–N with tert-alkyl or cyclic N) is 1. The Labute approximate surface area is 77.7 Å². The van der Waals surface area contributed by atoms with E-state index in [9.17, 15) is 4.79 Å². The van der Waals surface area contributed by atoms with Crippen LogP contribution in [0, 0.1) is 5.41 Å². The molecule has 13 heavy (non-hydrogen) atoms. The van der Waals surface area contributed by atoms with Crippen molar-refractivity contribution in [3.63, 3.8) is 0 Å². The van der Waals surface area contributed by atoms with E-state index in [1.54, 1.807) is 4.90 Å². The predicted molar refractivity (Wildman–Crippen MR) is 47.9 cm³/mol. The third-order valence-corrected chi connectivity index (χ3v) is 3.30. The molecule has 4 heteroatoms. The number of hydrogen-bond acceptors (Lipinski definition) is 3. The molecule has 0 aromatic carbocycles. The van der Waals surface area contributed by atoms with Crippen molar-refractivity contribution in [2.45, 2.75) is 25.4 Å². The van der Waals surface area contributed by atoms with Crippen LogP contribution in [0.5, 0.6) is 0 Å². The highest BCUT2D eigenvalue weighted by Gasteiger charge is 2.47. The zero-order valence-electron chi connectivity index (χ0n) is 7.70. The van der Waals surface area contributed by atoms with Crippen molar-refractivity contribution in [3.8, 4) is 0 Å². The first-order valence-electron chi connectivity index (χ1n) is 4.85. The molecule has 0 unspecified atom stereocenters. The van der Waals surface area contributed by atoms with Gasteiger partial charge in [0.15, 0.2) is 0 Å². The SMILES string of the molecule is NCC1(C(=O)N2CC(O)C2)CCC1. The van der Waals surface area contributed by atoms with E-state index in [1.807, 2.05) is 0 Å². The number of nitrogens with zero attached hydrogens (tertiary/aromatic N) is 1. The first-order valence-corrected chi connectivity index (χ1v) is 4.85. The normalized spacial score (nSPS) is 26.5. The number of aliphatic hydroxyl groups is 1. The number of aliphatic hydroxyl groups excluding tert-OH is 1. The number of hydrogen-bond donors (Lipinski definition) is 2. The first-order chi connectivity index (χ1) is 6.18. The average Bonchev–Trinajstić information content (AvgIpc) is 1.97. The minimum Gasteiger partial charge on any atom is -0.389 e. The van der Waals surface area contributed by atoms with E-state index >= 15 is 0 Å². The molecule has 0 aromatic heterocycles. The fourth-order valence-corrected chi connectivity index (χ4v) is 2.07. The van der Waals surface area contributed by atoms with Crippen LogP contribution in [0.25, 0.3) is 0 Å². The van der Waals surface area contributed by atoms with Crippen LogP contribution in [-0.2, 0) is 4.79 Å². The van der Waals surface area contributed by atoms with Gasteiger partial charge in [0, 0.05) is 19.6 Å². The standard InChI is InChI=1S/C9H16N2O2/c10-6-9(2-1-3-9)8(13)11-4-7(12)5-11/h7,12H,1-6,10H2. The topological polar surface area (TPSA) is 66.6 Å². The maximum absolute atomic E-state index is 11.8. The Kier molecular flexibility index (Phi) is 2.04. The van der Waals surface area contributed by atoms with Gasteiger partial charge in [0.25, 0.3) is 0 Å². The largest absolute Gasteiger partial charge is 0.389 e. The van der Waals surface area contributed by atoms with Gasteiger partial charge in [-0.1, -0.05) is 6.42 Å². The van der Waals surface area contributed by atoms with E-state index in [4.69, 9.17) is 10.8 Å². The Morgan fingerprint density at radius 3 is 2.46 bits per heavy atom. The van der Waals surface area contributed by atoms with E-state index in [0.717, 1.165) is 19.3 Å². The fourth-order valence-electron chi connectivity index (χ4n) is 2.07. The van der Waals surface area contributed by atoms with Crippen molar-refractivity contribution in [2.24, 2.45) is 11.1 Å². The molecule has 1 saturated heterocycles. The molecule has 1 aliphatic heterocycles. The molecule has 0 atom stereocenters. The number of rotatable bonds is 2. The third kappa shape index (κ3) is 1.25. The molecule has 2 rings (SSSR count). The summed E-state index contributed by atoms with van der Waals surface area (Å²) in [5.41, 5.74) is 5.35. The van der Waals surface area contributed by atoms with Crippen molar-refractivity contribution >= 4 is 5.91 Å². The van der Waals surface area contributed by atoms with Crippen LogP contribution in [-0.4, -0.2) is 41.7 Å². The van der Waals surface area contributed by atoms with E-state index in [0.29, 0.717) is 19.6 Å². The van der Waals surface area contributed by atoms with Crippen LogP contribution in [0.3, 0.4) is 0 Å². The van der Waals surface area contributed by atoms with Gasteiger partial charge in [-0.15, -0.1) is 0 Å². The third-order valence-electron chi connectivity index (χ3n) is 3.30. The van der Waals surface area contributed by atoms with E-state index < -0.39 is 0 Å². The fraction of sp³-hybridized carbons (Fsp3) is 0.889. The van der Waals surface area contributed by atoms with Crippen molar-refractivity contribution in [1.29, 1.82) is 0 Å². The Balaban J connectivity index is 1.96. The van der Waals surface area contributed by atoms with Gasteiger partial charge < -0.3 is 15.7 Å². The maximum Gasteiger partial charge on any atom is 0.230 e. The highest BCUT2D eigenvalue weighted by Crippen LogP contribution is 2.42. The molecule has 3 N–H and O–H groups in total. The second-order valence-corrected chi connectivity index (χ2v) is 4.20. The number of amides is 1.